The molecule has 1 rings (SSSR count). The third-order valence-electron chi connectivity index (χ3n) is 3.68. The number of carbonyl (C=O) groups is 1. The monoisotopic (exact) mass is 254 g/mol. The number of ether oxygens (including phenoxy) is 1. The lowest BCUT2D eigenvalue weighted by molar-refractivity contribution is -0.149. The van der Waals surface area contributed by atoms with Gasteiger partial charge in [0.15, 0.2) is 0 Å². The van der Waals surface area contributed by atoms with Crippen LogP contribution in [0, 0.1) is 5.92 Å². The maximum atomic E-state index is 12.0. The molecule has 18 heavy (non-hydrogen) atoms. The fourth-order valence-corrected chi connectivity index (χ4v) is 2.55. The average Bonchev–Trinajstić information content (AvgIpc) is 2.57. The van der Waals surface area contributed by atoms with Gasteiger partial charge in [-0.15, -0.1) is 0 Å². The zero-order valence-corrected chi connectivity index (χ0v) is 11.2. The number of methoxy groups -OCH3 is 1. The number of hydrogen-bond donors (Lipinski definition) is 1. The Kier molecular flexibility index (Phi) is 5.95. The normalized spacial score (nSPS) is 28.0. The van der Waals surface area contributed by atoms with Crippen molar-refractivity contribution < 1.29 is 9.53 Å². The van der Waals surface area contributed by atoms with Crippen LogP contribution in [0.2, 0.25) is 0 Å². The molecule has 6 nitrogen and oxygen atoms in total. The Labute approximate surface area is 108 Å². The second-order valence-corrected chi connectivity index (χ2v) is 4.99. The van der Waals surface area contributed by atoms with Gasteiger partial charge in [-0.25, -0.2) is 0 Å². The first-order chi connectivity index (χ1) is 8.64. The highest BCUT2D eigenvalue weighted by Gasteiger charge is 2.39. The molecule has 0 heterocycles. The van der Waals surface area contributed by atoms with Crippen molar-refractivity contribution in [3.05, 3.63) is 10.4 Å². The van der Waals surface area contributed by atoms with E-state index in [2.05, 4.69) is 22.3 Å². The summed E-state index contributed by atoms with van der Waals surface area (Å²) >= 11 is 0. The first kappa shape index (κ1) is 14.8. The van der Waals surface area contributed by atoms with Gasteiger partial charge in [0.1, 0.15) is 5.54 Å². The van der Waals surface area contributed by atoms with Crippen LogP contribution in [0.15, 0.2) is 5.11 Å². The summed E-state index contributed by atoms with van der Waals surface area (Å²) in [6.07, 6.45) is 4.77. The summed E-state index contributed by atoms with van der Waals surface area (Å²) in [7, 11) is 1.42. The number of hydrogen-bond acceptors (Lipinski definition) is 4. The minimum Gasteiger partial charge on any atom is -0.468 e. The predicted molar refractivity (Wildman–Crippen MR) is 69.0 cm³/mol. The third-order valence-corrected chi connectivity index (χ3v) is 3.68. The SMILES string of the molecule is COC(=O)C1(NCCN=[N+]=[N-])CCCC(C)CC1. The zero-order chi connectivity index (χ0) is 13.4. The molecule has 1 aliphatic rings. The van der Waals surface area contributed by atoms with Gasteiger partial charge in [0.05, 0.1) is 7.11 Å². The molecule has 0 aromatic carbocycles. The molecular formula is C12H22N4O2. The first-order valence-corrected chi connectivity index (χ1v) is 6.49. The van der Waals surface area contributed by atoms with Crippen molar-refractivity contribution in [1.82, 2.24) is 5.32 Å². The number of rotatable bonds is 5. The van der Waals surface area contributed by atoms with E-state index in [9.17, 15) is 4.79 Å². The van der Waals surface area contributed by atoms with E-state index >= 15 is 0 Å². The lowest BCUT2D eigenvalue weighted by Gasteiger charge is -2.31. The molecule has 1 N–H and O–H groups in total. The van der Waals surface area contributed by atoms with Gasteiger partial charge in [-0.2, -0.15) is 0 Å². The van der Waals surface area contributed by atoms with Crippen LogP contribution in [0.3, 0.4) is 0 Å². The Hall–Kier alpha value is -1.26. The van der Waals surface area contributed by atoms with E-state index in [1.165, 1.54) is 7.11 Å². The van der Waals surface area contributed by atoms with Gasteiger partial charge in [-0.3, -0.25) is 4.79 Å². The molecule has 1 fully saturated rings. The van der Waals surface area contributed by atoms with E-state index in [0.717, 1.165) is 32.1 Å². The van der Waals surface area contributed by atoms with Crippen molar-refractivity contribution in [1.29, 1.82) is 0 Å². The maximum Gasteiger partial charge on any atom is 0.326 e. The number of nitrogens with zero attached hydrogens (tertiary/aromatic N) is 3. The summed E-state index contributed by atoms with van der Waals surface area (Å²) in [5.74, 6) is 0.452. The Bertz CT molecular complexity index is 328. The maximum absolute atomic E-state index is 12.0. The van der Waals surface area contributed by atoms with E-state index in [1.54, 1.807) is 0 Å². The smallest absolute Gasteiger partial charge is 0.326 e. The molecular weight excluding hydrogens is 232 g/mol. The van der Waals surface area contributed by atoms with Crippen LogP contribution in [0.5, 0.6) is 0 Å². The fourth-order valence-electron chi connectivity index (χ4n) is 2.55. The van der Waals surface area contributed by atoms with Gasteiger partial charge in [0, 0.05) is 18.0 Å². The number of nitrogens with one attached hydrogen (secondary N) is 1. The van der Waals surface area contributed by atoms with Crippen LogP contribution >= 0.6 is 0 Å². The fraction of sp³-hybridized carbons (Fsp3) is 0.917. The van der Waals surface area contributed by atoms with Crippen molar-refractivity contribution in [3.63, 3.8) is 0 Å². The van der Waals surface area contributed by atoms with Gasteiger partial charge in [-0.05, 0) is 30.7 Å². The molecule has 0 spiro atoms. The largest absolute Gasteiger partial charge is 0.468 e. The molecule has 0 aromatic heterocycles. The average molecular weight is 254 g/mol. The molecule has 0 amide bonds. The van der Waals surface area contributed by atoms with Crippen molar-refractivity contribution >= 4 is 5.97 Å². The molecule has 1 saturated carbocycles. The van der Waals surface area contributed by atoms with E-state index in [0.29, 0.717) is 19.0 Å². The minimum atomic E-state index is -0.593. The number of carbonyl (C=O) groups excluding carboxylic acids is 1. The third kappa shape index (κ3) is 3.89. The van der Waals surface area contributed by atoms with Crippen molar-refractivity contribution in [2.45, 2.75) is 44.6 Å². The molecule has 6 heteroatoms. The number of esters is 1. The van der Waals surface area contributed by atoms with Crippen molar-refractivity contribution in [3.8, 4) is 0 Å². The predicted octanol–water partition coefficient (Wildman–Crippen LogP) is 2.40. The summed E-state index contributed by atoms with van der Waals surface area (Å²) in [5.41, 5.74) is 7.65. The summed E-state index contributed by atoms with van der Waals surface area (Å²) < 4.78 is 4.94. The van der Waals surface area contributed by atoms with Crippen LogP contribution in [0.25, 0.3) is 10.4 Å². The van der Waals surface area contributed by atoms with Crippen LogP contribution in [0.1, 0.15) is 39.0 Å². The second-order valence-electron chi connectivity index (χ2n) is 4.99. The van der Waals surface area contributed by atoms with Crippen LogP contribution in [0.4, 0.5) is 0 Å². The Morgan fingerprint density at radius 1 is 1.56 bits per heavy atom. The highest BCUT2D eigenvalue weighted by Crippen LogP contribution is 2.31. The van der Waals surface area contributed by atoms with Gasteiger partial charge >= 0.3 is 5.97 Å². The van der Waals surface area contributed by atoms with E-state index in [4.69, 9.17) is 10.3 Å². The molecule has 102 valence electrons. The van der Waals surface area contributed by atoms with Crippen LogP contribution in [-0.4, -0.2) is 31.7 Å². The van der Waals surface area contributed by atoms with E-state index in [1.807, 2.05) is 0 Å². The molecule has 1 aliphatic carbocycles. The summed E-state index contributed by atoms with van der Waals surface area (Å²) in [6.45, 7) is 3.08. The zero-order valence-electron chi connectivity index (χ0n) is 11.2. The molecule has 2 unspecified atom stereocenters. The van der Waals surface area contributed by atoms with E-state index < -0.39 is 5.54 Å². The lowest BCUT2D eigenvalue weighted by Crippen LogP contribution is -2.53. The van der Waals surface area contributed by atoms with Crippen LogP contribution in [-0.2, 0) is 9.53 Å². The number of azide groups is 1. The Balaban J connectivity index is 2.68. The van der Waals surface area contributed by atoms with E-state index in [-0.39, 0.29) is 5.97 Å². The molecule has 0 saturated heterocycles. The summed E-state index contributed by atoms with van der Waals surface area (Å²) in [4.78, 5) is 14.7. The molecule has 0 aliphatic heterocycles. The highest BCUT2D eigenvalue weighted by atomic mass is 16.5. The van der Waals surface area contributed by atoms with Gasteiger partial charge < -0.3 is 10.1 Å². The van der Waals surface area contributed by atoms with Gasteiger partial charge in [-0.1, -0.05) is 24.9 Å². The summed E-state index contributed by atoms with van der Waals surface area (Å²) in [6, 6.07) is 0. The molecule has 0 radical (unpaired) electrons. The quantitative estimate of drug-likeness (QED) is 0.204. The second kappa shape index (κ2) is 7.24. The van der Waals surface area contributed by atoms with Crippen molar-refractivity contribution in [2.75, 3.05) is 20.2 Å². The topological polar surface area (TPSA) is 87.1 Å². The van der Waals surface area contributed by atoms with Gasteiger partial charge in [0.2, 0.25) is 0 Å². The van der Waals surface area contributed by atoms with Gasteiger partial charge in [0.25, 0.3) is 0 Å². The summed E-state index contributed by atoms with van der Waals surface area (Å²) in [5, 5.41) is 6.72. The molecule has 0 bridgehead atoms. The molecule has 2 atom stereocenters. The standard InChI is InChI=1S/C12H22N4O2/c1-10-4-3-6-12(7-5-10,11(17)18-2)14-8-9-15-16-13/h10,14H,3-9H2,1-2H3. The molecule has 0 aromatic rings. The lowest BCUT2D eigenvalue weighted by atomic mass is 9.89. The minimum absolute atomic E-state index is 0.197. The highest BCUT2D eigenvalue weighted by molar-refractivity contribution is 5.80. The van der Waals surface area contributed by atoms with Crippen molar-refractivity contribution in [2.24, 2.45) is 11.0 Å². The Morgan fingerprint density at radius 3 is 3.00 bits per heavy atom. The Morgan fingerprint density at radius 2 is 2.33 bits per heavy atom. The first-order valence-electron chi connectivity index (χ1n) is 6.49. The van der Waals surface area contributed by atoms with Crippen LogP contribution < -0.4 is 5.32 Å².